The predicted octanol–water partition coefficient (Wildman–Crippen LogP) is 3.32. The number of nitrogens with one attached hydrogen (secondary N) is 2. The summed E-state index contributed by atoms with van der Waals surface area (Å²) < 4.78 is 0. The molecule has 3 aliphatic rings. The van der Waals surface area contributed by atoms with Crippen LogP contribution in [0, 0.1) is 5.92 Å². The van der Waals surface area contributed by atoms with Crippen LogP contribution in [0.15, 0.2) is 36.8 Å². The van der Waals surface area contributed by atoms with Gasteiger partial charge < -0.3 is 15.5 Å². The third-order valence-electron chi connectivity index (χ3n) is 5.44. The first kappa shape index (κ1) is 16.6. The molecule has 3 aliphatic heterocycles. The summed E-state index contributed by atoms with van der Waals surface area (Å²) in [6.07, 6.45) is 5.75. The summed E-state index contributed by atoms with van der Waals surface area (Å²) in [5.41, 5.74) is 2.25. The van der Waals surface area contributed by atoms with E-state index >= 15 is 0 Å². The van der Waals surface area contributed by atoms with Gasteiger partial charge >= 0.3 is 0 Å². The number of fused-ring (bicyclic) bond motifs is 4. The molecule has 0 aliphatic carbocycles. The van der Waals surface area contributed by atoms with Gasteiger partial charge in [-0.2, -0.15) is 0 Å². The minimum Gasteiger partial charge on any atom is -0.350 e. The van der Waals surface area contributed by atoms with Crippen LogP contribution in [-0.4, -0.2) is 50.5 Å². The molecule has 1 aromatic carbocycles. The number of hydrogen-bond donors (Lipinski definition) is 2. The zero-order chi connectivity index (χ0) is 18.2. The lowest BCUT2D eigenvalue weighted by atomic mass is 9.84. The maximum atomic E-state index is 6.08. The summed E-state index contributed by atoms with van der Waals surface area (Å²) in [6.45, 7) is 3.48. The van der Waals surface area contributed by atoms with Crippen molar-refractivity contribution >= 4 is 40.1 Å². The van der Waals surface area contributed by atoms with Crippen LogP contribution in [0.4, 0.5) is 17.5 Å². The molecule has 0 radical (unpaired) electrons. The number of halogens is 1. The lowest BCUT2D eigenvalue weighted by Crippen LogP contribution is -2.53. The SMILES string of the molecule is Clc1cccc(Nc2ncnc3cnc(N[C@@H]4CN5CCC4CC5)nc23)c1. The predicted molar refractivity (Wildman–Crippen MR) is 106 cm³/mol. The van der Waals surface area contributed by atoms with Gasteiger partial charge in [0.25, 0.3) is 0 Å². The molecule has 1 atom stereocenters. The summed E-state index contributed by atoms with van der Waals surface area (Å²) in [6, 6.07) is 7.92. The van der Waals surface area contributed by atoms with Crippen molar-refractivity contribution in [3.63, 3.8) is 0 Å². The lowest BCUT2D eigenvalue weighted by Gasteiger charge is -2.44. The van der Waals surface area contributed by atoms with Crippen LogP contribution in [0.3, 0.4) is 0 Å². The molecular formula is C19H20ClN7. The number of aromatic nitrogens is 4. The number of benzene rings is 1. The first-order valence-electron chi connectivity index (χ1n) is 9.24. The highest BCUT2D eigenvalue weighted by molar-refractivity contribution is 6.30. The Labute approximate surface area is 162 Å². The third kappa shape index (κ3) is 3.40. The van der Waals surface area contributed by atoms with E-state index in [1.807, 2.05) is 24.3 Å². The minimum atomic E-state index is 0.402. The zero-order valence-electron chi connectivity index (χ0n) is 14.8. The van der Waals surface area contributed by atoms with Crippen molar-refractivity contribution < 1.29 is 0 Å². The Kier molecular flexibility index (Phi) is 4.26. The molecule has 8 heteroatoms. The van der Waals surface area contributed by atoms with Gasteiger partial charge in [0.15, 0.2) is 5.82 Å². The molecule has 6 rings (SSSR count). The van der Waals surface area contributed by atoms with Gasteiger partial charge in [-0.25, -0.2) is 19.9 Å². The number of anilines is 3. The topological polar surface area (TPSA) is 78.9 Å². The second-order valence-electron chi connectivity index (χ2n) is 7.17. The van der Waals surface area contributed by atoms with E-state index in [1.54, 1.807) is 6.20 Å². The first-order valence-corrected chi connectivity index (χ1v) is 9.62. The smallest absolute Gasteiger partial charge is 0.223 e. The largest absolute Gasteiger partial charge is 0.350 e. The average Bonchev–Trinajstić information content (AvgIpc) is 2.69. The van der Waals surface area contributed by atoms with Crippen molar-refractivity contribution in [2.45, 2.75) is 18.9 Å². The Morgan fingerprint density at radius 3 is 2.78 bits per heavy atom. The molecule has 138 valence electrons. The van der Waals surface area contributed by atoms with Crippen LogP contribution >= 0.6 is 11.6 Å². The van der Waals surface area contributed by atoms with E-state index in [-0.39, 0.29) is 0 Å². The van der Waals surface area contributed by atoms with E-state index in [2.05, 4.69) is 30.5 Å². The number of hydrogen-bond acceptors (Lipinski definition) is 7. The maximum Gasteiger partial charge on any atom is 0.223 e. The van der Waals surface area contributed by atoms with E-state index in [1.165, 1.54) is 32.3 Å². The average molecular weight is 382 g/mol. The van der Waals surface area contributed by atoms with Crippen LogP contribution in [-0.2, 0) is 0 Å². The molecule has 5 heterocycles. The van der Waals surface area contributed by atoms with Crippen molar-refractivity contribution in [1.29, 1.82) is 0 Å². The molecule has 7 nitrogen and oxygen atoms in total. The standard InChI is InChI=1S/C19H20ClN7/c20-13-2-1-3-14(8-13)24-18-17-15(22-11-23-18)9-21-19(26-17)25-16-10-27-6-4-12(16)5-7-27/h1-3,8-9,11-12,16H,4-7,10H2,(H,21,25,26)(H,22,23,24)/t16-/m1/s1. The molecule has 0 amide bonds. The highest BCUT2D eigenvalue weighted by atomic mass is 35.5. The van der Waals surface area contributed by atoms with Gasteiger partial charge in [0.2, 0.25) is 5.95 Å². The highest BCUT2D eigenvalue weighted by Crippen LogP contribution is 2.30. The molecule has 0 unspecified atom stereocenters. The number of nitrogens with zero attached hydrogens (tertiary/aromatic N) is 5. The summed E-state index contributed by atoms with van der Waals surface area (Å²) in [5.74, 6) is 1.97. The second kappa shape index (κ2) is 6.90. The summed E-state index contributed by atoms with van der Waals surface area (Å²) in [5, 5.41) is 7.48. The van der Waals surface area contributed by atoms with Crippen molar-refractivity contribution in [3.8, 4) is 0 Å². The van der Waals surface area contributed by atoms with Crippen molar-refractivity contribution in [2.24, 2.45) is 5.92 Å². The fourth-order valence-electron chi connectivity index (χ4n) is 4.01. The fraction of sp³-hybridized carbons (Fsp3) is 0.368. The molecule has 3 fully saturated rings. The van der Waals surface area contributed by atoms with Crippen molar-refractivity contribution in [2.75, 3.05) is 30.3 Å². The Bertz CT molecular complexity index is 971. The van der Waals surface area contributed by atoms with Gasteiger partial charge in [0.1, 0.15) is 17.4 Å². The van der Waals surface area contributed by atoms with Crippen LogP contribution < -0.4 is 10.6 Å². The molecule has 0 saturated carbocycles. The molecule has 3 saturated heterocycles. The molecule has 27 heavy (non-hydrogen) atoms. The van der Waals surface area contributed by atoms with Crippen molar-refractivity contribution in [3.05, 3.63) is 41.8 Å². The summed E-state index contributed by atoms with van der Waals surface area (Å²) in [4.78, 5) is 20.3. The van der Waals surface area contributed by atoms with E-state index in [4.69, 9.17) is 16.6 Å². The van der Waals surface area contributed by atoms with Gasteiger partial charge in [-0.1, -0.05) is 17.7 Å². The van der Waals surface area contributed by atoms with E-state index in [0.717, 1.165) is 12.2 Å². The quantitative estimate of drug-likeness (QED) is 0.717. The zero-order valence-corrected chi connectivity index (χ0v) is 15.5. The van der Waals surface area contributed by atoms with Gasteiger partial charge in [-0.05, 0) is 50.0 Å². The third-order valence-corrected chi connectivity index (χ3v) is 5.67. The number of piperidine rings is 3. The molecular weight excluding hydrogens is 362 g/mol. The molecule has 2 bridgehead atoms. The Hall–Kier alpha value is -2.51. The van der Waals surface area contributed by atoms with E-state index < -0.39 is 0 Å². The van der Waals surface area contributed by atoms with Crippen LogP contribution in [0.1, 0.15) is 12.8 Å². The van der Waals surface area contributed by atoms with Gasteiger partial charge in [-0.3, -0.25) is 0 Å². The Morgan fingerprint density at radius 1 is 1.11 bits per heavy atom. The van der Waals surface area contributed by atoms with E-state index in [0.29, 0.717) is 39.8 Å². The van der Waals surface area contributed by atoms with Crippen LogP contribution in [0.25, 0.3) is 11.0 Å². The lowest BCUT2D eigenvalue weighted by molar-refractivity contribution is 0.0972. The Balaban J connectivity index is 1.44. The molecule has 3 aromatic rings. The number of rotatable bonds is 4. The monoisotopic (exact) mass is 381 g/mol. The van der Waals surface area contributed by atoms with Gasteiger partial charge in [0.05, 0.1) is 6.20 Å². The summed E-state index contributed by atoms with van der Waals surface area (Å²) in [7, 11) is 0. The maximum absolute atomic E-state index is 6.08. The van der Waals surface area contributed by atoms with Crippen LogP contribution in [0.2, 0.25) is 5.02 Å². The highest BCUT2D eigenvalue weighted by Gasteiger charge is 2.34. The molecule has 2 aromatic heterocycles. The first-order chi connectivity index (χ1) is 13.2. The van der Waals surface area contributed by atoms with Crippen LogP contribution in [0.5, 0.6) is 0 Å². The Morgan fingerprint density at radius 2 is 2.00 bits per heavy atom. The minimum absolute atomic E-state index is 0.402. The summed E-state index contributed by atoms with van der Waals surface area (Å²) >= 11 is 6.08. The second-order valence-corrected chi connectivity index (χ2v) is 7.61. The van der Waals surface area contributed by atoms with Crippen molar-refractivity contribution in [1.82, 2.24) is 24.8 Å². The van der Waals surface area contributed by atoms with E-state index in [9.17, 15) is 0 Å². The normalized spacial score (nSPS) is 24.1. The molecule has 0 spiro atoms. The van der Waals surface area contributed by atoms with Gasteiger partial charge in [0, 0.05) is 23.3 Å². The fourth-order valence-corrected chi connectivity index (χ4v) is 4.20. The molecule has 2 N–H and O–H groups in total. The van der Waals surface area contributed by atoms with Gasteiger partial charge in [-0.15, -0.1) is 0 Å².